The lowest BCUT2D eigenvalue weighted by molar-refractivity contribution is -0.274. The first-order chi connectivity index (χ1) is 10.9. The third-order valence-corrected chi connectivity index (χ3v) is 3.67. The largest absolute Gasteiger partial charge is 0.573 e. The normalized spacial score (nSPS) is 15.1. The molecule has 6 heteroatoms. The maximum atomic E-state index is 12.1. The Morgan fingerprint density at radius 1 is 0.913 bits per heavy atom. The topological polar surface area (TPSA) is 29.5 Å². The highest BCUT2D eigenvalue weighted by Crippen LogP contribution is 2.28. The molecule has 1 aliphatic rings. The van der Waals surface area contributed by atoms with E-state index >= 15 is 0 Å². The molecule has 0 radical (unpaired) electrons. The molecule has 0 bridgehead atoms. The van der Waals surface area contributed by atoms with Crippen molar-refractivity contribution in [3.63, 3.8) is 0 Å². The third-order valence-electron chi connectivity index (χ3n) is 3.67. The molecular weight excluding hydrogens is 307 g/mol. The average molecular weight is 321 g/mol. The van der Waals surface area contributed by atoms with Crippen molar-refractivity contribution < 1.29 is 22.7 Å². The van der Waals surface area contributed by atoms with Crippen LogP contribution in [0.5, 0.6) is 5.75 Å². The van der Waals surface area contributed by atoms with Crippen molar-refractivity contribution in [3.8, 4) is 16.9 Å². The first-order valence-corrected chi connectivity index (χ1v) is 7.19. The lowest BCUT2D eigenvalue weighted by Crippen LogP contribution is -2.23. The van der Waals surface area contributed by atoms with Gasteiger partial charge in [-0.05, 0) is 41.8 Å². The van der Waals surface area contributed by atoms with Crippen molar-refractivity contribution in [1.82, 2.24) is 0 Å². The molecule has 0 spiro atoms. The maximum Gasteiger partial charge on any atom is 0.573 e. The molecule has 0 N–H and O–H groups in total. The molecule has 0 unspecified atom stereocenters. The van der Waals surface area contributed by atoms with E-state index in [2.05, 4.69) is 4.74 Å². The standard InChI is InChI=1S/C17H14F3NO2/c18-17(19,20)23-15-9-5-13(6-10-15)12-3-7-14(8-4-12)21-11-1-2-16(21)22/h3-10H,1-2,11H2. The molecule has 1 fully saturated rings. The molecule has 0 saturated carbocycles. The Hall–Kier alpha value is -2.50. The monoisotopic (exact) mass is 321 g/mol. The van der Waals surface area contributed by atoms with Gasteiger partial charge in [-0.15, -0.1) is 13.2 Å². The summed E-state index contributed by atoms with van der Waals surface area (Å²) < 4.78 is 40.3. The molecule has 1 saturated heterocycles. The van der Waals surface area contributed by atoms with Crippen LogP contribution >= 0.6 is 0 Å². The van der Waals surface area contributed by atoms with Gasteiger partial charge in [0, 0.05) is 18.7 Å². The summed E-state index contributed by atoms with van der Waals surface area (Å²) in [5.74, 6) is -0.132. The number of anilines is 1. The van der Waals surface area contributed by atoms with Gasteiger partial charge >= 0.3 is 6.36 Å². The number of benzene rings is 2. The van der Waals surface area contributed by atoms with Crippen LogP contribution in [0.3, 0.4) is 0 Å². The van der Waals surface area contributed by atoms with Gasteiger partial charge in [-0.2, -0.15) is 0 Å². The molecular formula is C17H14F3NO2. The van der Waals surface area contributed by atoms with Gasteiger partial charge in [0.2, 0.25) is 5.91 Å². The summed E-state index contributed by atoms with van der Waals surface area (Å²) in [6, 6.07) is 13.1. The second-order valence-electron chi connectivity index (χ2n) is 5.27. The lowest BCUT2D eigenvalue weighted by atomic mass is 10.1. The molecule has 1 amide bonds. The van der Waals surface area contributed by atoms with Crippen LogP contribution in [0.25, 0.3) is 11.1 Å². The molecule has 3 rings (SSSR count). The number of hydrogen-bond donors (Lipinski definition) is 0. The lowest BCUT2D eigenvalue weighted by Gasteiger charge is -2.16. The summed E-state index contributed by atoms with van der Waals surface area (Å²) in [5, 5.41) is 0. The van der Waals surface area contributed by atoms with Crippen LogP contribution in [-0.2, 0) is 4.79 Å². The van der Waals surface area contributed by atoms with Crippen LogP contribution in [0.15, 0.2) is 48.5 Å². The van der Waals surface area contributed by atoms with E-state index in [0.29, 0.717) is 6.42 Å². The van der Waals surface area contributed by atoms with E-state index in [-0.39, 0.29) is 11.7 Å². The number of alkyl halides is 3. The zero-order valence-corrected chi connectivity index (χ0v) is 12.1. The molecule has 23 heavy (non-hydrogen) atoms. The van der Waals surface area contributed by atoms with E-state index < -0.39 is 6.36 Å². The van der Waals surface area contributed by atoms with Crippen molar-refractivity contribution >= 4 is 11.6 Å². The number of rotatable bonds is 3. The van der Waals surface area contributed by atoms with Crippen LogP contribution in [0.1, 0.15) is 12.8 Å². The fraction of sp³-hybridized carbons (Fsp3) is 0.235. The van der Waals surface area contributed by atoms with Gasteiger partial charge in [0.15, 0.2) is 0 Å². The van der Waals surface area contributed by atoms with Crippen molar-refractivity contribution in [1.29, 1.82) is 0 Å². The Labute approximate surface area is 131 Å². The van der Waals surface area contributed by atoms with Gasteiger partial charge in [0.1, 0.15) is 5.75 Å². The second kappa shape index (κ2) is 5.95. The Kier molecular flexibility index (Phi) is 3.98. The highest BCUT2D eigenvalue weighted by atomic mass is 19.4. The van der Waals surface area contributed by atoms with E-state index in [1.165, 1.54) is 12.1 Å². The van der Waals surface area contributed by atoms with E-state index in [0.717, 1.165) is 29.8 Å². The van der Waals surface area contributed by atoms with Crippen molar-refractivity contribution in [3.05, 3.63) is 48.5 Å². The second-order valence-corrected chi connectivity index (χ2v) is 5.27. The van der Waals surface area contributed by atoms with E-state index in [1.807, 2.05) is 24.3 Å². The van der Waals surface area contributed by atoms with Crippen LogP contribution < -0.4 is 9.64 Å². The number of halogens is 3. The van der Waals surface area contributed by atoms with Gasteiger partial charge in [0.25, 0.3) is 0 Å². The predicted octanol–water partition coefficient (Wildman–Crippen LogP) is 4.38. The first kappa shape index (κ1) is 15.4. The van der Waals surface area contributed by atoms with Crippen molar-refractivity contribution in [2.24, 2.45) is 0 Å². The minimum atomic E-state index is -4.69. The molecule has 0 aliphatic carbocycles. The fourth-order valence-corrected chi connectivity index (χ4v) is 2.60. The highest BCUT2D eigenvalue weighted by molar-refractivity contribution is 5.95. The molecule has 0 aromatic heterocycles. The zero-order valence-electron chi connectivity index (χ0n) is 12.1. The zero-order chi connectivity index (χ0) is 16.4. The van der Waals surface area contributed by atoms with Crippen LogP contribution in [0, 0.1) is 0 Å². The number of ether oxygens (including phenoxy) is 1. The predicted molar refractivity (Wildman–Crippen MR) is 80.1 cm³/mol. The van der Waals surface area contributed by atoms with Crippen LogP contribution in [0.4, 0.5) is 18.9 Å². The number of nitrogens with zero attached hydrogens (tertiary/aromatic N) is 1. The summed E-state index contributed by atoms with van der Waals surface area (Å²) in [6.07, 6.45) is -3.25. The minimum Gasteiger partial charge on any atom is -0.406 e. The smallest absolute Gasteiger partial charge is 0.406 e. The molecule has 3 nitrogen and oxygen atoms in total. The Bertz CT molecular complexity index is 693. The number of hydrogen-bond acceptors (Lipinski definition) is 2. The minimum absolute atomic E-state index is 0.117. The SMILES string of the molecule is O=C1CCCN1c1ccc(-c2ccc(OC(F)(F)F)cc2)cc1. The molecule has 0 atom stereocenters. The van der Waals surface area contributed by atoms with Gasteiger partial charge < -0.3 is 9.64 Å². The molecule has 2 aromatic rings. The van der Waals surface area contributed by atoms with Gasteiger partial charge in [-0.1, -0.05) is 24.3 Å². The van der Waals surface area contributed by atoms with Gasteiger partial charge in [-0.3, -0.25) is 4.79 Å². The summed E-state index contributed by atoms with van der Waals surface area (Å²) in [5.41, 5.74) is 2.48. The van der Waals surface area contributed by atoms with Crippen LogP contribution in [0.2, 0.25) is 0 Å². The summed E-state index contributed by atoms with van der Waals surface area (Å²) in [6.45, 7) is 0.724. The number of amides is 1. The van der Waals surface area contributed by atoms with Crippen molar-refractivity contribution in [2.75, 3.05) is 11.4 Å². The Morgan fingerprint density at radius 2 is 1.48 bits per heavy atom. The average Bonchev–Trinajstić information content (AvgIpc) is 2.93. The molecule has 1 aliphatic heterocycles. The third kappa shape index (κ3) is 3.64. The maximum absolute atomic E-state index is 12.1. The van der Waals surface area contributed by atoms with Gasteiger partial charge in [0.05, 0.1) is 0 Å². The quantitative estimate of drug-likeness (QED) is 0.839. The molecule has 1 heterocycles. The van der Waals surface area contributed by atoms with Gasteiger partial charge in [-0.25, -0.2) is 0 Å². The Balaban J connectivity index is 1.75. The first-order valence-electron chi connectivity index (χ1n) is 7.19. The summed E-state index contributed by atoms with van der Waals surface area (Å²) in [4.78, 5) is 13.4. The van der Waals surface area contributed by atoms with Crippen molar-refractivity contribution in [2.45, 2.75) is 19.2 Å². The number of carbonyl (C=O) groups excluding carboxylic acids is 1. The fourth-order valence-electron chi connectivity index (χ4n) is 2.60. The summed E-state index contributed by atoms with van der Waals surface area (Å²) >= 11 is 0. The molecule has 2 aromatic carbocycles. The van der Waals surface area contributed by atoms with Crippen LogP contribution in [-0.4, -0.2) is 18.8 Å². The van der Waals surface area contributed by atoms with E-state index in [1.54, 1.807) is 17.0 Å². The summed E-state index contributed by atoms with van der Waals surface area (Å²) in [7, 11) is 0. The van der Waals surface area contributed by atoms with E-state index in [9.17, 15) is 18.0 Å². The Morgan fingerprint density at radius 3 is 1.96 bits per heavy atom. The highest BCUT2D eigenvalue weighted by Gasteiger charge is 2.31. The molecule has 120 valence electrons. The van der Waals surface area contributed by atoms with E-state index in [4.69, 9.17) is 0 Å². The number of carbonyl (C=O) groups is 1.